The lowest BCUT2D eigenvalue weighted by atomic mass is 10.1. The van der Waals surface area contributed by atoms with Crippen molar-refractivity contribution < 1.29 is 9.53 Å². The molecule has 0 fully saturated rings. The highest BCUT2D eigenvalue weighted by Crippen LogP contribution is 2.20. The Balaban J connectivity index is 2.22. The molecule has 1 aromatic carbocycles. The Hall–Kier alpha value is -1.68. The number of halogens is 1. The van der Waals surface area contributed by atoms with E-state index in [2.05, 4.69) is 20.9 Å². The number of ether oxygens (including phenoxy) is 1. The minimum Gasteiger partial charge on any atom is -0.462 e. The van der Waals surface area contributed by atoms with Gasteiger partial charge in [-0.05, 0) is 31.2 Å². The molecule has 1 heterocycles. The molecule has 18 heavy (non-hydrogen) atoms. The quantitative estimate of drug-likeness (QED) is 0.812. The summed E-state index contributed by atoms with van der Waals surface area (Å²) in [4.78, 5) is 15.7. The normalized spacial score (nSPS) is 10.1. The summed E-state index contributed by atoms with van der Waals surface area (Å²) in [5.74, 6) is -0.340. The Labute approximate surface area is 114 Å². The second-order valence-corrected chi connectivity index (χ2v) is 4.58. The van der Waals surface area contributed by atoms with Crippen LogP contribution in [0.1, 0.15) is 17.3 Å². The molecule has 1 aromatic heterocycles. The van der Waals surface area contributed by atoms with Gasteiger partial charge < -0.3 is 4.74 Å². The second-order valence-electron chi connectivity index (χ2n) is 3.66. The first-order valence-electron chi connectivity index (χ1n) is 5.60. The lowest BCUT2D eigenvalue weighted by Crippen LogP contribution is -2.04. The summed E-state index contributed by atoms with van der Waals surface area (Å²) in [5, 5.41) is 0. The van der Waals surface area contributed by atoms with E-state index >= 15 is 0 Å². The summed E-state index contributed by atoms with van der Waals surface area (Å²) in [5.41, 5.74) is 2.31. The zero-order valence-electron chi connectivity index (χ0n) is 9.89. The number of hydrogen-bond acceptors (Lipinski definition) is 3. The van der Waals surface area contributed by atoms with E-state index in [0.29, 0.717) is 12.2 Å². The smallest absolute Gasteiger partial charge is 0.339 e. The van der Waals surface area contributed by atoms with Crippen molar-refractivity contribution in [3.63, 3.8) is 0 Å². The maximum atomic E-state index is 11.5. The average Bonchev–Trinajstić information content (AvgIpc) is 2.40. The number of aromatic nitrogens is 1. The molecule has 0 radical (unpaired) electrons. The lowest BCUT2D eigenvalue weighted by Gasteiger charge is -2.03. The van der Waals surface area contributed by atoms with Gasteiger partial charge in [0.05, 0.1) is 17.9 Å². The molecule has 0 aliphatic heterocycles. The van der Waals surface area contributed by atoms with Gasteiger partial charge in [0, 0.05) is 16.2 Å². The van der Waals surface area contributed by atoms with Crippen LogP contribution in [0.5, 0.6) is 0 Å². The lowest BCUT2D eigenvalue weighted by molar-refractivity contribution is 0.0526. The molecule has 3 nitrogen and oxygen atoms in total. The van der Waals surface area contributed by atoms with Gasteiger partial charge in [0.1, 0.15) is 0 Å². The molecule has 0 atom stereocenters. The predicted molar refractivity (Wildman–Crippen MR) is 73.3 cm³/mol. The van der Waals surface area contributed by atoms with E-state index in [1.54, 1.807) is 13.0 Å². The first-order valence-corrected chi connectivity index (χ1v) is 6.39. The summed E-state index contributed by atoms with van der Waals surface area (Å²) < 4.78 is 5.93. The zero-order valence-corrected chi connectivity index (χ0v) is 11.5. The zero-order chi connectivity index (χ0) is 13.0. The Morgan fingerprint density at radius 2 is 1.94 bits per heavy atom. The van der Waals surface area contributed by atoms with E-state index in [0.717, 1.165) is 15.7 Å². The van der Waals surface area contributed by atoms with E-state index in [4.69, 9.17) is 4.74 Å². The van der Waals surface area contributed by atoms with Gasteiger partial charge >= 0.3 is 5.97 Å². The summed E-state index contributed by atoms with van der Waals surface area (Å²) >= 11 is 3.38. The van der Waals surface area contributed by atoms with Crippen LogP contribution < -0.4 is 0 Å². The molecule has 0 saturated heterocycles. The monoisotopic (exact) mass is 305 g/mol. The van der Waals surface area contributed by atoms with Crippen LogP contribution in [0, 0.1) is 0 Å². The van der Waals surface area contributed by atoms with E-state index < -0.39 is 0 Å². The molecular formula is C14H12BrNO2. The molecule has 92 valence electrons. The Bertz CT molecular complexity index is 535. The minimum atomic E-state index is -0.340. The highest BCUT2D eigenvalue weighted by atomic mass is 79.9. The minimum absolute atomic E-state index is 0.340. The van der Waals surface area contributed by atoms with Crippen LogP contribution in [-0.4, -0.2) is 17.6 Å². The van der Waals surface area contributed by atoms with Crippen molar-refractivity contribution in [2.24, 2.45) is 0 Å². The number of benzene rings is 1. The van der Waals surface area contributed by atoms with Gasteiger partial charge in [-0.1, -0.05) is 28.1 Å². The Morgan fingerprint density at radius 3 is 2.50 bits per heavy atom. The molecule has 0 N–H and O–H groups in total. The van der Waals surface area contributed by atoms with Crippen molar-refractivity contribution in [1.29, 1.82) is 0 Å². The molecule has 2 rings (SSSR count). The van der Waals surface area contributed by atoms with E-state index in [9.17, 15) is 4.79 Å². The van der Waals surface area contributed by atoms with Gasteiger partial charge in [0.25, 0.3) is 0 Å². The van der Waals surface area contributed by atoms with Crippen LogP contribution in [0.25, 0.3) is 11.3 Å². The van der Waals surface area contributed by atoms with Crippen molar-refractivity contribution in [1.82, 2.24) is 4.98 Å². The van der Waals surface area contributed by atoms with Crippen molar-refractivity contribution in [2.45, 2.75) is 6.92 Å². The van der Waals surface area contributed by atoms with Gasteiger partial charge in [-0.15, -0.1) is 0 Å². The van der Waals surface area contributed by atoms with Gasteiger partial charge in [-0.3, -0.25) is 4.98 Å². The number of nitrogens with zero attached hydrogens (tertiary/aromatic N) is 1. The molecule has 0 spiro atoms. The molecule has 2 aromatic rings. The molecular weight excluding hydrogens is 294 g/mol. The topological polar surface area (TPSA) is 39.2 Å². The summed E-state index contributed by atoms with van der Waals surface area (Å²) in [6.07, 6.45) is 1.54. The van der Waals surface area contributed by atoms with Crippen LogP contribution in [0.2, 0.25) is 0 Å². The third kappa shape index (κ3) is 2.96. The number of pyridine rings is 1. The molecule has 0 amide bonds. The highest BCUT2D eigenvalue weighted by molar-refractivity contribution is 9.10. The first kappa shape index (κ1) is 12.8. The van der Waals surface area contributed by atoms with Gasteiger partial charge in [0.2, 0.25) is 0 Å². The molecule has 0 aliphatic carbocycles. The SMILES string of the molecule is CCOC(=O)c1ccc(-c2ccc(Br)cc2)nc1. The van der Waals surface area contributed by atoms with E-state index in [1.165, 1.54) is 6.20 Å². The summed E-state index contributed by atoms with van der Waals surface area (Å²) in [6.45, 7) is 2.15. The average molecular weight is 306 g/mol. The maximum Gasteiger partial charge on any atom is 0.339 e. The van der Waals surface area contributed by atoms with E-state index in [-0.39, 0.29) is 5.97 Å². The Morgan fingerprint density at radius 1 is 1.22 bits per heavy atom. The summed E-state index contributed by atoms with van der Waals surface area (Å²) in [6, 6.07) is 11.4. The number of hydrogen-bond donors (Lipinski definition) is 0. The van der Waals surface area contributed by atoms with Crippen LogP contribution in [0.3, 0.4) is 0 Å². The van der Waals surface area contributed by atoms with Gasteiger partial charge in [0.15, 0.2) is 0 Å². The standard InChI is InChI=1S/C14H12BrNO2/c1-2-18-14(17)11-5-8-13(16-9-11)10-3-6-12(15)7-4-10/h3-9H,2H2,1H3. The molecule has 0 unspecified atom stereocenters. The van der Waals surface area contributed by atoms with Gasteiger partial charge in [-0.25, -0.2) is 4.79 Å². The number of esters is 1. The predicted octanol–water partition coefficient (Wildman–Crippen LogP) is 3.69. The molecule has 0 aliphatic rings. The second kappa shape index (κ2) is 5.78. The van der Waals surface area contributed by atoms with Crippen molar-refractivity contribution >= 4 is 21.9 Å². The molecule has 0 saturated carbocycles. The van der Waals surface area contributed by atoms with Crippen molar-refractivity contribution in [3.8, 4) is 11.3 Å². The highest BCUT2D eigenvalue weighted by Gasteiger charge is 2.07. The molecule has 0 bridgehead atoms. The fraction of sp³-hybridized carbons (Fsp3) is 0.143. The van der Waals surface area contributed by atoms with Crippen LogP contribution in [0.4, 0.5) is 0 Å². The first-order chi connectivity index (χ1) is 8.70. The van der Waals surface area contributed by atoms with Crippen LogP contribution in [-0.2, 0) is 4.74 Å². The third-order valence-corrected chi connectivity index (χ3v) is 2.94. The number of carbonyl (C=O) groups is 1. The summed E-state index contributed by atoms with van der Waals surface area (Å²) in [7, 11) is 0. The van der Waals surface area contributed by atoms with Crippen LogP contribution >= 0.6 is 15.9 Å². The number of rotatable bonds is 3. The van der Waals surface area contributed by atoms with Gasteiger partial charge in [-0.2, -0.15) is 0 Å². The van der Waals surface area contributed by atoms with Crippen molar-refractivity contribution in [2.75, 3.05) is 6.61 Å². The fourth-order valence-corrected chi connectivity index (χ4v) is 1.78. The molecule has 4 heteroatoms. The van der Waals surface area contributed by atoms with Crippen LogP contribution in [0.15, 0.2) is 47.1 Å². The van der Waals surface area contributed by atoms with Crippen molar-refractivity contribution in [3.05, 3.63) is 52.6 Å². The Kier molecular flexibility index (Phi) is 4.10. The number of carbonyl (C=O) groups excluding carboxylic acids is 1. The third-order valence-electron chi connectivity index (χ3n) is 2.41. The van der Waals surface area contributed by atoms with E-state index in [1.807, 2.05) is 30.3 Å². The fourth-order valence-electron chi connectivity index (χ4n) is 1.52. The largest absolute Gasteiger partial charge is 0.462 e. The maximum absolute atomic E-state index is 11.5.